The maximum Gasteiger partial charge on any atom is 0.250 e. The van der Waals surface area contributed by atoms with E-state index in [2.05, 4.69) is 0 Å². The Kier molecular flexibility index (Phi) is 1.90. The molecule has 8 heavy (non-hydrogen) atoms. The quantitative estimate of drug-likeness (QED) is 0.411. The molecule has 1 rings (SSSR count). The molecule has 4 heteroatoms. The van der Waals surface area contributed by atoms with E-state index in [1.807, 2.05) is 5.32 Å². The molecule has 0 aromatic heterocycles. The van der Waals surface area contributed by atoms with Crippen LogP contribution < -0.4 is 11.5 Å². The first-order valence-electron chi connectivity index (χ1n) is 1.82. The van der Waals surface area contributed by atoms with Gasteiger partial charge in [0.15, 0.2) is 0 Å². The van der Waals surface area contributed by atoms with Crippen LogP contribution in [0.4, 0.5) is 0 Å². The maximum atomic E-state index is 10.0. The van der Waals surface area contributed by atoms with Gasteiger partial charge in [-0.3, -0.25) is 14.9 Å². The predicted molar refractivity (Wildman–Crippen MR) is 27.3 cm³/mol. The van der Waals surface area contributed by atoms with Crippen LogP contribution in [0, 0.1) is 0 Å². The molecule has 4 nitrogen and oxygen atoms in total. The summed E-state index contributed by atoms with van der Waals surface area (Å²) < 4.78 is 0. The lowest BCUT2D eigenvalue weighted by atomic mass is 10.6. The molecule has 0 saturated heterocycles. The van der Waals surface area contributed by atoms with Crippen molar-refractivity contribution in [3.8, 4) is 0 Å². The summed E-state index contributed by atoms with van der Waals surface area (Å²) >= 11 is 0. The van der Waals surface area contributed by atoms with Gasteiger partial charge >= 0.3 is 0 Å². The monoisotopic (exact) mass is 114 g/mol. The number of carbonyl (C=O) groups excluding carboxylic acids is 2. The zero-order valence-corrected chi connectivity index (χ0v) is 4.18. The Labute approximate surface area is 46.1 Å². The van der Waals surface area contributed by atoms with Crippen molar-refractivity contribution in [2.24, 2.45) is 0 Å². The number of rotatable bonds is 0. The van der Waals surface area contributed by atoms with E-state index in [1.54, 1.807) is 0 Å². The second kappa shape index (κ2) is 2.23. The number of imide groups is 1. The third-order valence-corrected chi connectivity index (χ3v) is 0.632. The van der Waals surface area contributed by atoms with Gasteiger partial charge in [0.05, 0.1) is 0 Å². The molecule has 0 fully saturated rings. The van der Waals surface area contributed by atoms with Crippen LogP contribution in [0.15, 0.2) is 12.2 Å². The van der Waals surface area contributed by atoms with Gasteiger partial charge in [0.2, 0.25) is 0 Å². The molecule has 44 valence electrons. The van der Waals surface area contributed by atoms with Crippen LogP contribution in [-0.4, -0.2) is 11.8 Å². The first-order valence-corrected chi connectivity index (χ1v) is 1.82. The van der Waals surface area contributed by atoms with Crippen molar-refractivity contribution in [1.29, 1.82) is 0 Å². The van der Waals surface area contributed by atoms with E-state index in [0.717, 1.165) is 0 Å². The summed E-state index contributed by atoms with van der Waals surface area (Å²) in [6.07, 6.45) is 2.39. The summed E-state index contributed by atoms with van der Waals surface area (Å²) in [5, 5.41) is 2.03. The zero-order valence-electron chi connectivity index (χ0n) is 4.18. The number of nitrogens with one attached hydrogen (secondary N) is 1. The fraction of sp³-hybridized carbons (Fsp3) is 0. The highest BCUT2D eigenvalue weighted by Gasteiger charge is 2.06. The highest BCUT2D eigenvalue weighted by atomic mass is 16.2. The number of carbonyl (C=O) groups is 2. The van der Waals surface area contributed by atoms with Crippen molar-refractivity contribution in [2.45, 2.75) is 0 Å². The molecule has 4 N–H and O–H groups in total. The van der Waals surface area contributed by atoms with Crippen molar-refractivity contribution in [3.63, 3.8) is 0 Å². The van der Waals surface area contributed by atoms with E-state index in [0.29, 0.717) is 0 Å². The summed E-state index contributed by atoms with van der Waals surface area (Å²) in [5.41, 5.74) is 0. The number of amides is 2. The number of hydrogen-bond acceptors (Lipinski definition) is 3. The van der Waals surface area contributed by atoms with Gasteiger partial charge in [0.1, 0.15) is 0 Å². The van der Waals surface area contributed by atoms with Crippen LogP contribution in [0.3, 0.4) is 0 Å². The summed E-state index contributed by atoms with van der Waals surface area (Å²) in [7, 11) is 0. The van der Waals surface area contributed by atoms with Crippen LogP contribution in [-0.2, 0) is 9.59 Å². The topological polar surface area (TPSA) is 81.2 Å². The Morgan fingerprint density at radius 2 is 1.50 bits per heavy atom. The van der Waals surface area contributed by atoms with Gasteiger partial charge in [-0.1, -0.05) is 0 Å². The lowest BCUT2D eigenvalue weighted by molar-refractivity contribution is -0.123. The van der Waals surface area contributed by atoms with E-state index in [1.165, 1.54) is 12.2 Å². The molecule has 0 radical (unpaired) electrons. The first kappa shape index (κ1) is 6.84. The molecule has 0 aromatic rings. The molecule has 0 spiro atoms. The largest absolute Gasteiger partial charge is 0.344 e. The molecule has 2 amide bonds. The van der Waals surface area contributed by atoms with Crippen molar-refractivity contribution < 1.29 is 9.59 Å². The molecule has 0 aromatic carbocycles. The lowest BCUT2D eigenvalue weighted by Gasteiger charge is -1.80. The smallest absolute Gasteiger partial charge is 0.250 e. The van der Waals surface area contributed by atoms with Crippen molar-refractivity contribution in [3.05, 3.63) is 12.2 Å². The van der Waals surface area contributed by atoms with Crippen LogP contribution in [0.25, 0.3) is 0 Å². The van der Waals surface area contributed by atoms with Gasteiger partial charge in [-0.25, -0.2) is 0 Å². The minimum absolute atomic E-state index is 0. The molecule has 1 heterocycles. The molecule has 1 aliphatic rings. The summed E-state index contributed by atoms with van der Waals surface area (Å²) in [6, 6.07) is 0. The molecule has 0 aliphatic carbocycles. The minimum Gasteiger partial charge on any atom is -0.344 e. The Balaban J connectivity index is 0.000000490. The van der Waals surface area contributed by atoms with Gasteiger partial charge in [0, 0.05) is 12.2 Å². The Morgan fingerprint density at radius 1 is 1.12 bits per heavy atom. The summed E-state index contributed by atoms with van der Waals surface area (Å²) in [6.45, 7) is 0. The van der Waals surface area contributed by atoms with Gasteiger partial charge in [-0.05, 0) is 0 Å². The molecular weight excluding hydrogens is 108 g/mol. The fourth-order valence-electron chi connectivity index (χ4n) is 0.356. The Bertz CT molecular complexity index is 134. The van der Waals surface area contributed by atoms with Crippen LogP contribution >= 0.6 is 0 Å². The molecule has 0 bridgehead atoms. The van der Waals surface area contributed by atoms with Gasteiger partial charge in [-0.15, -0.1) is 0 Å². The van der Waals surface area contributed by atoms with E-state index in [9.17, 15) is 9.59 Å². The van der Waals surface area contributed by atoms with E-state index in [-0.39, 0.29) is 18.0 Å². The normalized spacial score (nSPS) is 15.5. The van der Waals surface area contributed by atoms with Crippen LogP contribution in [0.1, 0.15) is 0 Å². The third kappa shape index (κ3) is 1.16. The van der Waals surface area contributed by atoms with Crippen LogP contribution in [0.2, 0.25) is 0 Å². The molecule has 1 aliphatic heterocycles. The minimum atomic E-state index is -0.329. The second-order valence-electron chi connectivity index (χ2n) is 1.19. The van der Waals surface area contributed by atoms with Crippen molar-refractivity contribution in [2.75, 3.05) is 0 Å². The molecule has 0 atom stereocenters. The molecular formula is C4H6N2O2. The highest BCUT2D eigenvalue weighted by Crippen LogP contribution is 1.82. The van der Waals surface area contributed by atoms with E-state index < -0.39 is 0 Å². The van der Waals surface area contributed by atoms with E-state index >= 15 is 0 Å². The van der Waals surface area contributed by atoms with Gasteiger partial charge in [0.25, 0.3) is 11.8 Å². The van der Waals surface area contributed by atoms with Crippen molar-refractivity contribution >= 4 is 11.8 Å². The van der Waals surface area contributed by atoms with Gasteiger partial charge < -0.3 is 6.15 Å². The van der Waals surface area contributed by atoms with Crippen molar-refractivity contribution in [1.82, 2.24) is 11.5 Å². The highest BCUT2D eigenvalue weighted by molar-refractivity contribution is 6.12. The number of hydrogen-bond donors (Lipinski definition) is 2. The Hall–Kier alpha value is -1.16. The summed E-state index contributed by atoms with van der Waals surface area (Å²) in [5.74, 6) is -0.657. The first-order chi connectivity index (χ1) is 3.29. The average molecular weight is 114 g/mol. The standard InChI is InChI=1S/C4H3NO2.H3N/c6-3-1-2-4(7)5-3;/h1-2H,(H,5,6,7);1H3. The van der Waals surface area contributed by atoms with Crippen LogP contribution in [0.5, 0.6) is 0 Å². The van der Waals surface area contributed by atoms with E-state index in [4.69, 9.17) is 0 Å². The fourth-order valence-corrected chi connectivity index (χ4v) is 0.356. The molecule has 0 saturated carbocycles. The SMILES string of the molecule is N.O=C1C=CC(=O)N1. The second-order valence-corrected chi connectivity index (χ2v) is 1.19. The zero-order chi connectivity index (χ0) is 5.28. The summed E-state index contributed by atoms with van der Waals surface area (Å²) in [4.78, 5) is 20.1. The predicted octanol–water partition coefficient (Wildman–Crippen LogP) is -0.639. The third-order valence-electron chi connectivity index (χ3n) is 0.632. The Morgan fingerprint density at radius 3 is 1.62 bits per heavy atom. The molecule has 0 unspecified atom stereocenters. The maximum absolute atomic E-state index is 10.0. The average Bonchev–Trinajstić information content (AvgIpc) is 1.87. The van der Waals surface area contributed by atoms with Gasteiger partial charge in [-0.2, -0.15) is 0 Å². The lowest BCUT2D eigenvalue weighted by Crippen LogP contribution is -2.19.